The van der Waals surface area contributed by atoms with Crippen LogP contribution in [0.3, 0.4) is 0 Å². The van der Waals surface area contributed by atoms with E-state index in [1.54, 1.807) is 30.9 Å². The molecule has 1 aromatic carbocycles. The van der Waals surface area contributed by atoms with E-state index in [0.29, 0.717) is 31.1 Å². The van der Waals surface area contributed by atoms with Gasteiger partial charge < -0.3 is 24.0 Å². The Bertz CT molecular complexity index is 685. The normalized spacial score (nSPS) is 19.0. The molecule has 0 saturated carbocycles. The van der Waals surface area contributed by atoms with E-state index >= 15 is 0 Å². The van der Waals surface area contributed by atoms with Crippen LogP contribution in [-0.4, -0.2) is 74.4 Å². The van der Waals surface area contributed by atoms with Crippen molar-refractivity contribution in [2.75, 3.05) is 47.6 Å². The third-order valence-electron chi connectivity index (χ3n) is 4.81. The van der Waals surface area contributed by atoms with Gasteiger partial charge in [-0.3, -0.25) is 9.59 Å². The number of benzene rings is 1. The van der Waals surface area contributed by atoms with Crippen molar-refractivity contribution in [3.8, 4) is 11.5 Å². The number of rotatable bonds is 10. The molecule has 1 fully saturated rings. The number of methoxy groups -OCH3 is 3. The second-order valence-corrected chi connectivity index (χ2v) is 7.73. The molecule has 2 rings (SSSR count). The van der Waals surface area contributed by atoms with Crippen molar-refractivity contribution in [1.82, 2.24) is 9.80 Å². The number of hydrogen-bond donors (Lipinski definition) is 0. The molecule has 2 amide bonds. The van der Waals surface area contributed by atoms with Crippen LogP contribution in [0.25, 0.3) is 0 Å². The molecule has 0 radical (unpaired) electrons. The Labute approximate surface area is 171 Å². The highest BCUT2D eigenvalue weighted by molar-refractivity contribution is 8.01. The third kappa shape index (κ3) is 4.91. The molecule has 0 N–H and O–H groups in total. The Kier molecular flexibility index (Phi) is 8.44. The Hall–Kier alpha value is -1.93. The van der Waals surface area contributed by atoms with Gasteiger partial charge in [0.2, 0.25) is 11.8 Å². The van der Waals surface area contributed by atoms with Crippen LogP contribution >= 0.6 is 11.8 Å². The SMILES string of the molecule is CCC1SC(c2ccc(OC)c(OC)c2)N(CCN(CC)C(=O)COC)C1=O. The van der Waals surface area contributed by atoms with E-state index < -0.39 is 0 Å². The Morgan fingerprint density at radius 2 is 1.89 bits per heavy atom. The van der Waals surface area contributed by atoms with Crippen molar-refractivity contribution >= 4 is 23.6 Å². The molecule has 2 atom stereocenters. The number of carbonyl (C=O) groups is 2. The second kappa shape index (κ2) is 10.6. The fourth-order valence-corrected chi connectivity index (χ4v) is 4.67. The lowest BCUT2D eigenvalue weighted by Gasteiger charge is -2.28. The van der Waals surface area contributed by atoms with Crippen LogP contribution in [0.5, 0.6) is 11.5 Å². The van der Waals surface area contributed by atoms with Gasteiger partial charge >= 0.3 is 0 Å². The van der Waals surface area contributed by atoms with E-state index in [4.69, 9.17) is 14.2 Å². The minimum absolute atomic E-state index is 0.0488. The van der Waals surface area contributed by atoms with E-state index in [-0.39, 0.29) is 29.0 Å². The summed E-state index contributed by atoms with van der Waals surface area (Å²) in [4.78, 5) is 28.6. The van der Waals surface area contributed by atoms with Crippen molar-refractivity contribution in [3.05, 3.63) is 23.8 Å². The Morgan fingerprint density at radius 1 is 1.18 bits per heavy atom. The summed E-state index contributed by atoms with van der Waals surface area (Å²) in [5.41, 5.74) is 0.984. The first kappa shape index (κ1) is 22.4. The smallest absolute Gasteiger partial charge is 0.248 e. The lowest BCUT2D eigenvalue weighted by Crippen LogP contribution is -2.42. The van der Waals surface area contributed by atoms with E-state index in [2.05, 4.69) is 0 Å². The highest BCUT2D eigenvalue weighted by Crippen LogP contribution is 2.45. The maximum atomic E-state index is 12.9. The topological polar surface area (TPSA) is 68.3 Å². The predicted molar refractivity (Wildman–Crippen MR) is 110 cm³/mol. The number of thioether (sulfide) groups is 1. The molecule has 1 heterocycles. The summed E-state index contributed by atoms with van der Waals surface area (Å²) in [6.45, 7) is 5.53. The zero-order valence-electron chi connectivity index (χ0n) is 17.3. The molecule has 0 spiro atoms. The molecule has 0 aromatic heterocycles. The van der Waals surface area contributed by atoms with Gasteiger partial charge in [-0.15, -0.1) is 11.8 Å². The highest BCUT2D eigenvalue weighted by atomic mass is 32.2. The van der Waals surface area contributed by atoms with E-state index in [9.17, 15) is 9.59 Å². The molecule has 1 aromatic rings. The summed E-state index contributed by atoms with van der Waals surface area (Å²) in [5, 5.41) is -0.198. The number of amides is 2. The molecular formula is C20H30N2O5S. The van der Waals surface area contributed by atoms with Gasteiger partial charge in [-0.05, 0) is 31.0 Å². The monoisotopic (exact) mass is 410 g/mol. The minimum atomic E-state index is -0.117. The van der Waals surface area contributed by atoms with Gasteiger partial charge in [0.1, 0.15) is 12.0 Å². The van der Waals surface area contributed by atoms with Crippen molar-refractivity contribution in [1.29, 1.82) is 0 Å². The van der Waals surface area contributed by atoms with Crippen LogP contribution in [0.15, 0.2) is 18.2 Å². The number of likely N-dealkylation sites (N-methyl/N-ethyl adjacent to an activating group) is 1. The van der Waals surface area contributed by atoms with Gasteiger partial charge in [-0.1, -0.05) is 13.0 Å². The molecule has 8 heteroatoms. The Balaban J connectivity index is 2.22. The zero-order valence-corrected chi connectivity index (χ0v) is 18.1. The molecule has 1 aliphatic rings. The first-order valence-electron chi connectivity index (χ1n) is 9.45. The lowest BCUT2D eigenvalue weighted by atomic mass is 10.1. The predicted octanol–water partition coefficient (Wildman–Crippen LogP) is 2.55. The zero-order chi connectivity index (χ0) is 20.7. The summed E-state index contributed by atoms with van der Waals surface area (Å²) in [5.74, 6) is 1.33. The van der Waals surface area contributed by atoms with Gasteiger partial charge in [-0.2, -0.15) is 0 Å². The van der Waals surface area contributed by atoms with E-state index in [1.165, 1.54) is 7.11 Å². The molecule has 2 unspecified atom stereocenters. The second-order valence-electron chi connectivity index (χ2n) is 6.44. The number of carbonyl (C=O) groups excluding carboxylic acids is 2. The largest absolute Gasteiger partial charge is 0.493 e. The maximum absolute atomic E-state index is 12.9. The number of ether oxygens (including phenoxy) is 3. The summed E-state index contributed by atoms with van der Waals surface area (Å²) in [6.07, 6.45) is 0.768. The van der Waals surface area contributed by atoms with Crippen molar-refractivity contribution in [3.63, 3.8) is 0 Å². The standard InChI is InChI=1S/C20H30N2O5S/c1-6-17-19(24)22(11-10-21(7-2)18(23)13-25-3)20(28-17)14-8-9-15(26-4)16(12-14)27-5/h8-9,12,17,20H,6-7,10-11,13H2,1-5H3. The van der Waals surface area contributed by atoms with Crippen molar-refractivity contribution < 1.29 is 23.8 Å². The summed E-state index contributed by atoms with van der Waals surface area (Å²) in [6, 6.07) is 5.74. The average molecular weight is 411 g/mol. The quantitative estimate of drug-likeness (QED) is 0.591. The lowest BCUT2D eigenvalue weighted by molar-refractivity contribution is -0.137. The van der Waals surface area contributed by atoms with Gasteiger partial charge in [0, 0.05) is 26.7 Å². The minimum Gasteiger partial charge on any atom is -0.493 e. The van der Waals surface area contributed by atoms with Crippen LogP contribution in [0.1, 0.15) is 31.2 Å². The van der Waals surface area contributed by atoms with Crippen LogP contribution in [0.2, 0.25) is 0 Å². The fourth-order valence-electron chi connectivity index (χ4n) is 3.25. The van der Waals surface area contributed by atoms with Gasteiger partial charge in [0.25, 0.3) is 0 Å². The van der Waals surface area contributed by atoms with Crippen molar-refractivity contribution in [2.45, 2.75) is 30.9 Å². The third-order valence-corrected chi connectivity index (χ3v) is 6.46. The van der Waals surface area contributed by atoms with Crippen LogP contribution in [0.4, 0.5) is 0 Å². The molecule has 7 nitrogen and oxygen atoms in total. The molecule has 1 aliphatic heterocycles. The number of nitrogens with zero attached hydrogens (tertiary/aromatic N) is 2. The molecule has 156 valence electrons. The summed E-state index contributed by atoms with van der Waals surface area (Å²) in [7, 11) is 4.70. The first-order valence-corrected chi connectivity index (χ1v) is 10.4. The number of hydrogen-bond acceptors (Lipinski definition) is 6. The van der Waals surface area contributed by atoms with Crippen LogP contribution in [-0.2, 0) is 14.3 Å². The Morgan fingerprint density at radius 3 is 2.46 bits per heavy atom. The maximum Gasteiger partial charge on any atom is 0.248 e. The summed E-state index contributed by atoms with van der Waals surface area (Å²) < 4.78 is 15.7. The average Bonchev–Trinajstić information content (AvgIpc) is 3.03. The fraction of sp³-hybridized carbons (Fsp3) is 0.600. The first-order chi connectivity index (χ1) is 13.5. The van der Waals surface area contributed by atoms with E-state index in [0.717, 1.165) is 12.0 Å². The van der Waals surface area contributed by atoms with Crippen molar-refractivity contribution in [2.24, 2.45) is 0 Å². The van der Waals surface area contributed by atoms with Gasteiger partial charge in [0.15, 0.2) is 11.5 Å². The molecule has 0 bridgehead atoms. The van der Waals surface area contributed by atoms with Crippen LogP contribution in [0, 0.1) is 0 Å². The summed E-state index contributed by atoms with van der Waals surface area (Å²) >= 11 is 1.64. The van der Waals surface area contributed by atoms with Crippen LogP contribution < -0.4 is 9.47 Å². The molecule has 28 heavy (non-hydrogen) atoms. The van der Waals surface area contributed by atoms with E-state index in [1.807, 2.05) is 36.9 Å². The van der Waals surface area contributed by atoms with Gasteiger partial charge in [0.05, 0.1) is 19.5 Å². The molecule has 0 aliphatic carbocycles. The molecular weight excluding hydrogens is 380 g/mol. The van der Waals surface area contributed by atoms with Gasteiger partial charge in [-0.25, -0.2) is 0 Å². The highest BCUT2D eigenvalue weighted by Gasteiger charge is 2.40. The molecule has 1 saturated heterocycles.